The van der Waals surface area contributed by atoms with E-state index in [1.165, 1.54) is 5.23 Å². The second kappa shape index (κ2) is 2.66. The summed E-state index contributed by atoms with van der Waals surface area (Å²) in [5, 5.41) is 1.24. The highest BCUT2D eigenvalue weighted by molar-refractivity contribution is 5.43. The Kier molecular flexibility index (Phi) is 1.64. The van der Waals surface area contributed by atoms with Gasteiger partial charge in [0.1, 0.15) is 6.67 Å². The first-order valence-electron chi connectivity index (χ1n) is 3.74. The van der Waals surface area contributed by atoms with E-state index in [2.05, 4.69) is 0 Å². The Hall–Kier alpha value is -1.26. The number of hydrogen-bond donors (Lipinski definition) is 1. The predicted octanol–water partition coefficient (Wildman–Crippen LogP) is 0.814. The first-order chi connectivity index (χ1) is 5.79. The van der Waals surface area contributed by atoms with Crippen molar-refractivity contribution in [1.82, 2.24) is 5.23 Å². The highest BCUT2D eigenvalue weighted by Crippen LogP contribution is 2.33. The van der Waals surface area contributed by atoms with Crippen LogP contribution in [0.3, 0.4) is 0 Å². The molecule has 4 heteroatoms. The molecule has 12 heavy (non-hydrogen) atoms. The molecule has 1 aromatic rings. The van der Waals surface area contributed by atoms with E-state index >= 15 is 0 Å². The Morgan fingerprint density at radius 1 is 1.33 bits per heavy atom. The molecule has 0 unspecified atom stereocenters. The summed E-state index contributed by atoms with van der Waals surface area (Å²) in [6.07, 6.45) is 0. The van der Waals surface area contributed by atoms with Gasteiger partial charge in [0, 0.05) is 5.23 Å². The van der Waals surface area contributed by atoms with Crippen molar-refractivity contribution in [2.45, 2.75) is 6.92 Å². The minimum atomic E-state index is 0.216. The van der Waals surface area contributed by atoms with Crippen molar-refractivity contribution in [2.24, 2.45) is 5.73 Å². The van der Waals surface area contributed by atoms with Gasteiger partial charge in [0.15, 0.2) is 11.5 Å². The number of rotatable bonds is 1. The molecule has 0 aromatic heterocycles. The van der Waals surface area contributed by atoms with Gasteiger partial charge in [0.2, 0.25) is 0 Å². The molecule has 4 nitrogen and oxygen atoms in total. The zero-order valence-electron chi connectivity index (χ0n) is 6.78. The SMILES string of the molecule is Cc1ccc2c(c1)ON(CN)O2. The number of nitrogens with zero attached hydrogens (tertiary/aromatic N) is 1. The maximum atomic E-state index is 5.33. The average Bonchev–Trinajstić information content (AvgIpc) is 2.46. The van der Waals surface area contributed by atoms with Crippen molar-refractivity contribution in [3.8, 4) is 11.5 Å². The summed E-state index contributed by atoms with van der Waals surface area (Å²) >= 11 is 0. The maximum absolute atomic E-state index is 5.33. The van der Waals surface area contributed by atoms with Crippen LogP contribution in [0.1, 0.15) is 5.56 Å². The van der Waals surface area contributed by atoms with Crippen LogP contribution in [0.4, 0.5) is 0 Å². The zero-order chi connectivity index (χ0) is 8.55. The quantitative estimate of drug-likeness (QED) is 0.670. The summed E-state index contributed by atoms with van der Waals surface area (Å²) < 4.78 is 0. The number of nitrogens with two attached hydrogens (primary N) is 1. The summed E-state index contributed by atoms with van der Waals surface area (Å²) in [4.78, 5) is 10.4. The highest BCUT2D eigenvalue weighted by Gasteiger charge is 2.20. The van der Waals surface area contributed by atoms with Gasteiger partial charge in [-0.15, -0.1) is 0 Å². The van der Waals surface area contributed by atoms with Crippen molar-refractivity contribution >= 4 is 0 Å². The van der Waals surface area contributed by atoms with Crippen LogP contribution in [-0.2, 0) is 0 Å². The van der Waals surface area contributed by atoms with E-state index in [0.717, 1.165) is 11.3 Å². The van der Waals surface area contributed by atoms with Gasteiger partial charge >= 0.3 is 0 Å². The van der Waals surface area contributed by atoms with Gasteiger partial charge < -0.3 is 15.4 Å². The molecule has 0 fully saturated rings. The summed E-state index contributed by atoms with van der Waals surface area (Å²) in [7, 11) is 0. The van der Waals surface area contributed by atoms with Gasteiger partial charge in [-0.05, 0) is 24.6 Å². The molecule has 64 valence electrons. The molecule has 1 aliphatic rings. The summed E-state index contributed by atoms with van der Waals surface area (Å²) in [6, 6.07) is 5.73. The van der Waals surface area contributed by atoms with Crippen LogP contribution in [0.5, 0.6) is 11.5 Å². The number of aryl methyl sites for hydroxylation is 1. The van der Waals surface area contributed by atoms with Crippen LogP contribution in [0.25, 0.3) is 0 Å². The molecule has 0 radical (unpaired) electrons. The van der Waals surface area contributed by atoms with E-state index in [1.54, 1.807) is 0 Å². The lowest BCUT2D eigenvalue weighted by Crippen LogP contribution is -2.31. The van der Waals surface area contributed by atoms with Crippen LogP contribution in [0, 0.1) is 6.92 Å². The Labute approximate surface area is 70.4 Å². The fraction of sp³-hybridized carbons (Fsp3) is 0.250. The maximum Gasteiger partial charge on any atom is 0.196 e. The molecule has 0 aliphatic carbocycles. The van der Waals surface area contributed by atoms with Crippen LogP contribution in [0.15, 0.2) is 18.2 Å². The fourth-order valence-corrected chi connectivity index (χ4v) is 1.07. The standard InChI is InChI=1S/C8H10N2O2/c1-6-2-3-7-8(4-6)12-10(5-9)11-7/h2-4H,5,9H2,1H3. The number of hydroxylamine groups is 2. The molecular weight excluding hydrogens is 156 g/mol. The number of hydrogen-bond acceptors (Lipinski definition) is 4. The van der Waals surface area contributed by atoms with E-state index in [4.69, 9.17) is 15.4 Å². The van der Waals surface area contributed by atoms with Gasteiger partial charge in [0.25, 0.3) is 0 Å². The molecule has 1 heterocycles. The summed E-state index contributed by atoms with van der Waals surface area (Å²) in [5.74, 6) is 1.44. The molecule has 0 atom stereocenters. The van der Waals surface area contributed by atoms with Crippen molar-refractivity contribution in [1.29, 1.82) is 0 Å². The van der Waals surface area contributed by atoms with Gasteiger partial charge in [0.05, 0.1) is 0 Å². The first kappa shape index (κ1) is 7.39. The predicted molar refractivity (Wildman–Crippen MR) is 43.3 cm³/mol. The number of fused-ring (bicyclic) bond motifs is 1. The minimum absolute atomic E-state index is 0.216. The molecule has 0 saturated heterocycles. The summed E-state index contributed by atoms with van der Waals surface area (Å²) in [6.45, 7) is 2.21. The van der Waals surface area contributed by atoms with E-state index in [0.29, 0.717) is 5.75 Å². The third kappa shape index (κ3) is 1.11. The molecule has 0 spiro atoms. The van der Waals surface area contributed by atoms with Crippen LogP contribution in [0.2, 0.25) is 0 Å². The highest BCUT2D eigenvalue weighted by atomic mass is 17.0. The van der Waals surface area contributed by atoms with Crippen molar-refractivity contribution < 1.29 is 9.68 Å². The molecule has 2 rings (SSSR count). The number of benzene rings is 1. The molecule has 1 aromatic carbocycles. The third-order valence-electron chi connectivity index (χ3n) is 1.65. The largest absolute Gasteiger partial charge is 0.366 e. The fourth-order valence-electron chi connectivity index (χ4n) is 1.07. The van der Waals surface area contributed by atoms with E-state index < -0.39 is 0 Å². The molecular formula is C8H10N2O2. The Bertz CT molecular complexity index is 301. The lowest BCUT2D eigenvalue weighted by Gasteiger charge is -2.07. The molecule has 0 saturated carbocycles. The Morgan fingerprint density at radius 3 is 2.83 bits per heavy atom. The molecule has 0 bridgehead atoms. The van der Waals surface area contributed by atoms with Crippen molar-refractivity contribution in [2.75, 3.05) is 6.67 Å². The molecule has 0 amide bonds. The molecule has 2 N–H and O–H groups in total. The van der Waals surface area contributed by atoms with Crippen LogP contribution in [-0.4, -0.2) is 11.9 Å². The lowest BCUT2D eigenvalue weighted by molar-refractivity contribution is -0.224. The average molecular weight is 166 g/mol. The van der Waals surface area contributed by atoms with Gasteiger partial charge in [-0.3, -0.25) is 0 Å². The monoisotopic (exact) mass is 166 g/mol. The normalized spacial score (nSPS) is 15.2. The van der Waals surface area contributed by atoms with Crippen molar-refractivity contribution in [3.63, 3.8) is 0 Å². The van der Waals surface area contributed by atoms with Gasteiger partial charge in [-0.25, -0.2) is 0 Å². The molecule has 1 aliphatic heterocycles. The van der Waals surface area contributed by atoms with Crippen molar-refractivity contribution in [3.05, 3.63) is 23.8 Å². The zero-order valence-corrected chi connectivity index (χ0v) is 6.78. The van der Waals surface area contributed by atoms with E-state index in [-0.39, 0.29) is 6.67 Å². The van der Waals surface area contributed by atoms with E-state index in [9.17, 15) is 0 Å². The Balaban J connectivity index is 2.30. The van der Waals surface area contributed by atoms with Crippen LogP contribution >= 0.6 is 0 Å². The van der Waals surface area contributed by atoms with E-state index in [1.807, 2.05) is 25.1 Å². The minimum Gasteiger partial charge on any atom is -0.366 e. The topological polar surface area (TPSA) is 47.7 Å². The van der Waals surface area contributed by atoms with Gasteiger partial charge in [-0.1, -0.05) is 6.07 Å². The second-order valence-electron chi connectivity index (χ2n) is 2.65. The second-order valence-corrected chi connectivity index (χ2v) is 2.65. The van der Waals surface area contributed by atoms with Gasteiger partial charge in [-0.2, -0.15) is 0 Å². The Morgan fingerprint density at radius 2 is 2.08 bits per heavy atom. The lowest BCUT2D eigenvalue weighted by atomic mass is 10.2. The first-order valence-corrected chi connectivity index (χ1v) is 3.74. The van der Waals surface area contributed by atoms with Crippen LogP contribution < -0.4 is 15.4 Å². The third-order valence-corrected chi connectivity index (χ3v) is 1.65. The smallest absolute Gasteiger partial charge is 0.196 e. The summed E-state index contributed by atoms with van der Waals surface area (Å²) in [5.41, 5.74) is 6.46.